The molecule has 1 aliphatic rings. The van der Waals surface area contributed by atoms with Crippen LogP contribution in [0.25, 0.3) is 5.69 Å². The lowest BCUT2D eigenvalue weighted by molar-refractivity contribution is -0.146. The molecule has 0 radical (unpaired) electrons. The minimum atomic E-state index is -1.00. The van der Waals surface area contributed by atoms with Crippen molar-refractivity contribution >= 4 is 23.3 Å². The molecule has 7 heteroatoms. The van der Waals surface area contributed by atoms with Gasteiger partial charge in [0.05, 0.1) is 11.4 Å². The van der Waals surface area contributed by atoms with Crippen molar-refractivity contribution in [3.8, 4) is 5.69 Å². The third kappa shape index (κ3) is 3.02. The van der Waals surface area contributed by atoms with Crippen LogP contribution in [-0.2, 0) is 9.53 Å². The molecule has 1 aliphatic heterocycles. The van der Waals surface area contributed by atoms with Crippen LogP contribution in [0.1, 0.15) is 35.8 Å². The number of benzene rings is 2. The van der Waals surface area contributed by atoms with Crippen LogP contribution in [0.15, 0.2) is 53.7 Å². The fourth-order valence-corrected chi connectivity index (χ4v) is 3.36. The van der Waals surface area contributed by atoms with E-state index in [9.17, 15) is 9.18 Å². The lowest BCUT2D eigenvalue weighted by atomic mass is 10.00. The lowest BCUT2D eigenvalue weighted by Crippen LogP contribution is -2.12. The maximum Gasteiger partial charge on any atom is 0.304 e. The number of esters is 1. The van der Waals surface area contributed by atoms with E-state index in [4.69, 9.17) is 16.3 Å². The topological polar surface area (TPSA) is 56.5 Å². The van der Waals surface area contributed by atoms with Gasteiger partial charge < -0.3 is 4.74 Å². The van der Waals surface area contributed by atoms with Gasteiger partial charge in [-0.1, -0.05) is 23.7 Å². The maximum atomic E-state index is 14.6. The summed E-state index contributed by atoms with van der Waals surface area (Å²) in [5, 5.41) is 0.489. The first-order valence-electron chi connectivity index (χ1n) is 8.30. The molecule has 0 spiro atoms. The molecule has 4 rings (SSSR count). The number of imidazole rings is 1. The second kappa shape index (κ2) is 6.63. The molecule has 0 amide bonds. The van der Waals surface area contributed by atoms with Gasteiger partial charge in [0.2, 0.25) is 0 Å². The Kier molecular flexibility index (Phi) is 4.28. The minimum Gasteiger partial charge on any atom is -0.432 e. The van der Waals surface area contributed by atoms with Crippen LogP contribution in [0.5, 0.6) is 0 Å². The fourth-order valence-electron chi connectivity index (χ4n) is 3.18. The van der Waals surface area contributed by atoms with Gasteiger partial charge in [-0.15, -0.1) is 0 Å². The monoisotopic (exact) mass is 383 g/mol. The summed E-state index contributed by atoms with van der Waals surface area (Å²) in [5.41, 5.74) is 2.84. The number of hydrogen-bond acceptors (Lipinski definition) is 4. The molecule has 0 N–H and O–H groups in total. The van der Waals surface area contributed by atoms with Crippen molar-refractivity contribution in [2.45, 2.75) is 20.1 Å². The van der Waals surface area contributed by atoms with Crippen molar-refractivity contribution in [3.63, 3.8) is 0 Å². The highest BCUT2D eigenvalue weighted by atomic mass is 35.5. The molecule has 0 bridgehead atoms. The first kappa shape index (κ1) is 17.4. The SMILES string of the molecule is CC(=O)OC1N=C(c2ccccc2F)c2cc(Cl)ccc2-n2c(C)cnc21. The number of ether oxygens (including phenoxy) is 1. The Hall–Kier alpha value is -2.99. The molecule has 0 saturated carbocycles. The van der Waals surface area contributed by atoms with E-state index >= 15 is 0 Å². The van der Waals surface area contributed by atoms with E-state index in [1.165, 1.54) is 13.0 Å². The van der Waals surface area contributed by atoms with Crippen molar-refractivity contribution in [1.29, 1.82) is 0 Å². The standard InChI is InChI=1S/C20H15ClFN3O2/c1-11-10-23-19-20(27-12(2)26)24-18(14-5-3-4-6-16(14)22)15-9-13(21)7-8-17(15)25(11)19/h3-10,20H,1-2H3. The maximum absolute atomic E-state index is 14.6. The van der Waals surface area contributed by atoms with E-state index in [1.807, 2.05) is 17.6 Å². The van der Waals surface area contributed by atoms with E-state index < -0.39 is 18.0 Å². The largest absolute Gasteiger partial charge is 0.432 e. The molecule has 27 heavy (non-hydrogen) atoms. The number of hydrogen-bond donors (Lipinski definition) is 0. The average Bonchev–Trinajstić information content (AvgIpc) is 2.94. The van der Waals surface area contributed by atoms with Crippen molar-refractivity contribution < 1.29 is 13.9 Å². The number of rotatable bonds is 2. The number of aryl methyl sites for hydroxylation is 1. The first-order valence-corrected chi connectivity index (χ1v) is 8.68. The zero-order valence-electron chi connectivity index (χ0n) is 14.6. The highest BCUT2D eigenvalue weighted by Gasteiger charge is 2.29. The van der Waals surface area contributed by atoms with Crippen LogP contribution >= 0.6 is 11.6 Å². The molecule has 0 fully saturated rings. The normalized spacial score (nSPS) is 15.4. The summed E-state index contributed by atoms with van der Waals surface area (Å²) >= 11 is 6.23. The third-order valence-electron chi connectivity index (χ3n) is 4.29. The highest BCUT2D eigenvalue weighted by molar-refractivity contribution is 6.31. The molecule has 1 atom stereocenters. The number of carbonyl (C=O) groups is 1. The quantitative estimate of drug-likeness (QED) is 0.617. The summed E-state index contributed by atoms with van der Waals surface area (Å²) in [6.45, 7) is 3.18. The summed E-state index contributed by atoms with van der Waals surface area (Å²) in [4.78, 5) is 20.6. The van der Waals surface area contributed by atoms with Crippen molar-refractivity contribution in [1.82, 2.24) is 9.55 Å². The van der Waals surface area contributed by atoms with Crippen molar-refractivity contribution in [3.05, 3.63) is 82.1 Å². The Morgan fingerprint density at radius 2 is 2.00 bits per heavy atom. The average molecular weight is 384 g/mol. The molecule has 0 saturated heterocycles. The summed E-state index contributed by atoms with van der Waals surface area (Å²) in [7, 11) is 0. The molecule has 3 aromatic rings. The number of halogens is 2. The predicted molar refractivity (Wildman–Crippen MR) is 99.9 cm³/mol. The van der Waals surface area contributed by atoms with Gasteiger partial charge >= 0.3 is 5.97 Å². The van der Waals surface area contributed by atoms with E-state index in [2.05, 4.69) is 9.98 Å². The zero-order valence-corrected chi connectivity index (χ0v) is 15.4. The third-order valence-corrected chi connectivity index (χ3v) is 4.53. The van der Waals surface area contributed by atoms with Crippen molar-refractivity contribution in [2.24, 2.45) is 4.99 Å². The van der Waals surface area contributed by atoms with E-state index in [0.717, 1.165) is 11.4 Å². The summed E-state index contributed by atoms with van der Waals surface area (Å²) in [6, 6.07) is 11.6. The summed E-state index contributed by atoms with van der Waals surface area (Å²) in [6.07, 6.45) is 0.672. The zero-order chi connectivity index (χ0) is 19.1. The second-order valence-electron chi connectivity index (χ2n) is 6.17. The van der Waals surface area contributed by atoms with Gasteiger partial charge in [0.1, 0.15) is 5.82 Å². The Balaban J connectivity index is 2.06. The summed E-state index contributed by atoms with van der Waals surface area (Å²) in [5.74, 6) is -0.495. The number of aliphatic imine (C=N–C) groups is 1. The lowest BCUT2D eigenvalue weighted by Gasteiger charge is -2.14. The molecular weight excluding hydrogens is 369 g/mol. The van der Waals surface area contributed by atoms with Crippen LogP contribution < -0.4 is 0 Å². The Labute approximate surface area is 160 Å². The number of fused-ring (bicyclic) bond motifs is 3. The van der Waals surface area contributed by atoms with Gasteiger partial charge in [0.25, 0.3) is 6.23 Å². The highest BCUT2D eigenvalue weighted by Crippen LogP contribution is 2.33. The van der Waals surface area contributed by atoms with E-state index in [1.54, 1.807) is 36.5 Å². The molecule has 0 aliphatic carbocycles. The molecule has 5 nitrogen and oxygen atoms in total. The fraction of sp³-hybridized carbons (Fsp3) is 0.150. The second-order valence-corrected chi connectivity index (χ2v) is 6.61. The van der Waals surface area contributed by atoms with Crippen LogP contribution in [0.3, 0.4) is 0 Å². The van der Waals surface area contributed by atoms with Crippen LogP contribution in [0.4, 0.5) is 4.39 Å². The Morgan fingerprint density at radius 1 is 1.22 bits per heavy atom. The number of carbonyl (C=O) groups excluding carboxylic acids is 1. The van der Waals surface area contributed by atoms with E-state index in [0.29, 0.717) is 27.7 Å². The van der Waals surface area contributed by atoms with Crippen LogP contribution in [-0.4, -0.2) is 21.2 Å². The van der Waals surface area contributed by atoms with Crippen LogP contribution in [0, 0.1) is 12.7 Å². The molecule has 2 heterocycles. The number of aromatic nitrogens is 2. The van der Waals surface area contributed by atoms with Gasteiger partial charge in [-0.05, 0) is 37.3 Å². The van der Waals surface area contributed by atoms with Gasteiger partial charge in [-0.25, -0.2) is 14.4 Å². The molecule has 136 valence electrons. The van der Waals surface area contributed by atoms with Crippen LogP contribution in [0.2, 0.25) is 5.02 Å². The molecule has 1 unspecified atom stereocenters. The van der Waals surface area contributed by atoms with Gasteiger partial charge in [0, 0.05) is 35.0 Å². The molecular formula is C20H15ClFN3O2. The number of nitrogens with zero attached hydrogens (tertiary/aromatic N) is 3. The molecule has 1 aromatic heterocycles. The van der Waals surface area contributed by atoms with Gasteiger partial charge in [0.15, 0.2) is 5.82 Å². The van der Waals surface area contributed by atoms with Gasteiger partial charge in [-0.2, -0.15) is 0 Å². The molecule has 2 aromatic carbocycles. The van der Waals surface area contributed by atoms with E-state index in [-0.39, 0.29) is 0 Å². The first-order chi connectivity index (χ1) is 13.0. The predicted octanol–water partition coefficient (Wildman–Crippen LogP) is 4.39. The summed E-state index contributed by atoms with van der Waals surface area (Å²) < 4.78 is 21.8. The van der Waals surface area contributed by atoms with Crippen molar-refractivity contribution in [2.75, 3.05) is 0 Å². The smallest absolute Gasteiger partial charge is 0.304 e. The minimum absolute atomic E-state index is 0.293. The Morgan fingerprint density at radius 3 is 2.74 bits per heavy atom. The van der Waals surface area contributed by atoms with Gasteiger partial charge in [-0.3, -0.25) is 9.36 Å². The Bertz CT molecular complexity index is 1090.